The first-order valence-electron chi connectivity index (χ1n) is 11.9. The predicted octanol–water partition coefficient (Wildman–Crippen LogP) is 5.89. The van der Waals surface area contributed by atoms with Crippen LogP contribution in [-0.2, 0) is 9.53 Å². The molecule has 38 heavy (non-hydrogen) atoms. The van der Waals surface area contributed by atoms with Crippen LogP contribution in [0.1, 0.15) is 18.4 Å². The maximum absolute atomic E-state index is 12.2. The number of fused-ring (bicyclic) bond motifs is 1. The molecular weight excluding hydrogens is 543 g/mol. The monoisotopic (exact) mass is 565 g/mol. The zero-order chi connectivity index (χ0) is 26.3. The van der Waals surface area contributed by atoms with Gasteiger partial charge < -0.3 is 10.1 Å². The molecule has 1 amide bonds. The maximum Gasteiger partial charge on any atom is 0.283 e. The number of rotatable bonds is 10. The van der Waals surface area contributed by atoms with Crippen LogP contribution >= 0.6 is 34.9 Å². The Morgan fingerprint density at radius 2 is 2.18 bits per heavy atom. The maximum atomic E-state index is 12.2. The molecule has 1 N–H and O–H groups in total. The number of hydrogen-bond acceptors (Lipinski definition) is 10. The molecule has 1 aliphatic rings. The lowest BCUT2D eigenvalue weighted by molar-refractivity contribution is -0.387. The number of nitro groups is 1. The zero-order valence-electron chi connectivity index (χ0n) is 20.1. The smallest absolute Gasteiger partial charge is 0.283 e. The van der Waals surface area contributed by atoms with E-state index in [1.165, 1.54) is 40.9 Å². The molecule has 4 aromatic rings. The normalized spacial score (nSPS) is 15.3. The van der Waals surface area contributed by atoms with Crippen LogP contribution in [0.3, 0.4) is 0 Å². The lowest BCUT2D eigenvalue weighted by atomic mass is 10.2. The number of nitrogens with one attached hydrogen (secondary N) is 1. The number of nitro benzene ring substituents is 1. The van der Waals surface area contributed by atoms with Gasteiger partial charge in [0.15, 0.2) is 4.34 Å². The van der Waals surface area contributed by atoms with E-state index >= 15 is 0 Å². The van der Waals surface area contributed by atoms with Gasteiger partial charge in [0.1, 0.15) is 5.03 Å². The molecule has 2 aromatic heterocycles. The molecule has 1 atom stereocenters. The van der Waals surface area contributed by atoms with Crippen LogP contribution in [0.5, 0.6) is 0 Å². The summed E-state index contributed by atoms with van der Waals surface area (Å²) in [6, 6.07) is 16.1. The predicted molar refractivity (Wildman–Crippen MR) is 151 cm³/mol. The van der Waals surface area contributed by atoms with E-state index in [0.717, 1.165) is 34.0 Å². The van der Waals surface area contributed by atoms with E-state index in [9.17, 15) is 14.9 Å². The van der Waals surface area contributed by atoms with Gasteiger partial charge in [-0.15, -0.1) is 11.3 Å². The number of carbonyl (C=O) groups is 1. The van der Waals surface area contributed by atoms with Crippen LogP contribution in [0, 0.1) is 10.1 Å². The molecule has 5 rings (SSSR count). The fourth-order valence-corrected chi connectivity index (χ4v) is 6.55. The second kappa shape index (κ2) is 12.5. The molecule has 3 heterocycles. The van der Waals surface area contributed by atoms with E-state index in [1.54, 1.807) is 30.6 Å². The molecule has 0 radical (unpaired) electrons. The van der Waals surface area contributed by atoms with Crippen LogP contribution in [0.25, 0.3) is 10.2 Å². The summed E-state index contributed by atoms with van der Waals surface area (Å²) in [5.74, 6) is 0.263. The molecule has 0 aliphatic carbocycles. The van der Waals surface area contributed by atoms with Crippen molar-refractivity contribution in [2.75, 3.05) is 18.9 Å². The second-order valence-corrected chi connectivity index (χ2v) is 11.7. The van der Waals surface area contributed by atoms with E-state index in [4.69, 9.17) is 4.74 Å². The van der Waals surface area contributed by atoms with Crippen molar-refractivity contribution >= 4 is 68.6 Å². The Morgan fingerprint density at radius 1 is 1.26 bits per heavy atom. The summed E-state index contributed by atoms with van der Waals surface area (Å²) in [4.78, 5) is 37.3. The number of hydrogen-bond donors (Lipinski definition) is 1. The fraction of sp³-hybridized carbons (Fsp3) is 0.231. The molecule has 0 bridgehead atoms. The number of aliphatic imine (C=N–C) groups is 1. The van der Waals surface area contributed by atoms with Gasteiger partial charge in [-0.25, -0.2) is 9.97 Å². The molecule has 0 saturated carbocycles. The lowest BCUT2D eigenvalue weighted by Crippen LogP contribution is -2.32. The first kappa shape index (κ1) is 26.3. The first-order chi connectivity index (χ1) is 18.5. The van der Waals surface area contributed by atoms with Crippen molar-refractivity contribution in [3.63, 3.8) is 0 Å². The number of thioether (sulfide) groups is 1. The Labute approximate surface area is 231 Å². The lowest BCUT2D eigenvalue weighted by Gasteiger charge is -2.09. The van der Waals surface area contributed by atoms with Gasteiger partial charge in [-0.05, 0) is 54.8 Å². The second-order valence-electron chi connectivity index (χ2n) is 8.37. The van der Waals surface area contributed by atoms with E-state index < -0.39 is 4.92 Å². The van der Waals surface area contributed by atoms with Gasteiger partial charge in [0.2, 0.25) is 5.91 Å². The number of aromatic nitrogens is 2. The van der Waals surface area contributed by atoms with Crippen molar-refractivity contribution in [2.45, 2.75) is 33.2 Å². The average Bonchev–Trinajstić information content (AvgIpc) is 3.60. The minimum Gasteiger partial charge on any atom is -0.376 e. The van der Waals surface area contributed by atoms with E-state index in [-0.39, 0.29) is 17.7 Å². The molecule has 12 heteroatoms. The summed E-state index contributed by atoms with van der Waals surface area (Å²) in [6.07, 6.45) is 5.42. The van der Waals surface area contributed by atoms with Gasteiger partial charge in [-0.3, -0.25) is 19.9 Å². The van der Waals surface area contributed by atoms with E-state index in [0.29, 0.717) is 33.5 Å². The molecule has 1 saturated heterocycles. The molecule has 9 nitrogen and oxygen atoms in total. The number of ether oxygens (including phenoxy) is 1. The average molecular weight is 566 g/mol. The number of nitrogens with zero attached hydrogens (tertiary/aromatic N) is 4. The Kier molecular flexibility index (Phi) is 8.64. The SMILES string of the molecule is O=C(CSc1nc2ccc(N=Cc3ccc(Sc4ccccn4)c([N+](=O)[O-])c3)cc2s1)NCC1CCCO1. The number of benzene rings is 2. The van der Waals surface area contributed by atoms with E-state index in [1.807, 2.05) is 30.3 Å². The minimum absolute atomic E-state index is 0.00369. The molecular formula is C26H23N5O4S3. The summed E-state index contributed by atoms with van der Waals surface area (Å²) in [6.45, 7) is 1.32. The van der Waals surface area contributed by atoms with Gasteiger partial charge in [-0.1, -0.05) is 35.7 Å². The van der Waals surface area contributed by atoms with Crippen molar-refractivity contribution in [2.24, 2.45) is 4.99 Å². The number of amides is 1. The van der Waals surface area contributed by atoms with Crippen molar-refractivity contribution in [3.05, 3.63) is 76.5 Å². The quantitative estimate of drug-likeness (QED) is 0.109. The van der Waals surface area contributed by atoms with Gasteiger partial charge in [0.05, 0.1) is 37.6 Å². The Bertz CT molecular complexity index is 1470. The number of pyridine rings is 1. The standard InChI is InChI=1S/C26H23N5O4S3/c32-24(29-15-19-4-3-11-35-19)16-36-26-30-20-8-7-18(13-23(20)38-26)28-14-17-6-9-22(21(12-17)31(33)34)37-25-5-1-2-10-27-25/h1-2,5-10,12-14,19H,3-4,11,15-16H2,(H,29,32). The van der Waals surface area contributed by atoms with Crippen LogP contribution < -0.4 is 5.32 Å². The third kappa shape index (κ3) is 6.95. The largest absolute Gasteiger partial charge is 0.376 e. The molecule has 1 fully saturated rings. The highest BCUT2D eigenvalue weighted by Crippen LogP contribution is 2.35. The van der Waals surface area contributed by atoms with Crippen LogP contribution in [-0.4, -0.2) is 52.0 Å². The highest BCUT2D eigenvalue weighted by atomic mass is 32.2. The molecule has 1 unspecified atom stereocenters. The van der Waals surface area contributed by atoms with Crippen LogP contribution in [0.4, 0.5) is 11.4 Å². The van der Waals surface area contributed by atoms with Crippen LogP contribution in [0.2, 0.25) is 0 Å². The topological polar surface area (TPSA) is 120 Å². The molecule has 194 valence electrons. The van der Waals surface area contributed by atoms with Crippen LogP contribution in [0.15, 0.2) is 80.0 Å². The molecule has 0 spiro atoms. The zero-order valence-corrected chi connectivity index (χ0v) is 22.6. The Morgan fingerprint density at radius 3 is 2.97 bits per heavy atom. The number of thiazole rings is 1. The van der Waals surface area contributed by atoms with Crippen molar-refractivity contribution in [1.82, 2.24) is 15.3 Å². The summed E-state index contributed by atoms with van der Waals surface area (Å²) in [5.41, 5.74) is 2.17. The van der Waals surface area contributed by atoms with Crippen molar-refractivity contribution in [1.29, 1.82) is 0 Å². The number of carbonyl (C=O) groups excluding carboxylic acids is 1. The minimum atomic E-state index is -0.395. The van der Waals surface area contributed by atoms with E-state index in [2.05, 4.69) is 20.3 Å². The third-order valence-corrected chi connectivity index (χ3v) is 8.80. The summed E-state index contributed by atoms with van der Waals surface area (Å²) < 4.78 is 7.30. The van der Waals surface area contributed by atoms with Crippen molar-refractivity contribution < 1.29 is 14.5 Å². The highest BCUT2D eigenvalue weighted by molar-refractivity contribution is 8.01. The highest BCUT2D eigenvalue weighted by Gasteiger charge is 2.17. The van der Waals surface area contributed by atoms with Gasteiger partial charge in [0.25, 0.3) is 5.69 Å². The first-order valence-corrected chi connectivity index (χ1v) is 14.5. The Balaban J connectivity index is 1.22. The molecule has 1 aliphatic heterocycles. The van der Waals surface area contributed by atoms with Gasteiger partial charge in [-0.2, -0.15) is 0 Å². The van der Waals surface area contributed by atoms with Gasteiger partial charge in [0, 0.05) is 31.6 Å². The summed E-state index contributed by atoms with van der Waals surface area (Å²) in [5, 5.41) is 15.3. The third-order valence-electron chi connectivity index (χ3n) is 5.62. The summed E-state index contributed by atoms with van der Waals surface area (Å²) >= 11 is 4.16. The van der Waals surface area contributed by atoms with Crippen molar-refractivity contribution in [3.8, 4) is 0 Å². The van der Waals surface area contributed by atoms with Gasteiger partial charge >= 0.3 is 0 Å². The Hall–Kier alpha value is -3.32. The fourth-order valence-electron chi connectivity index (χ4n) is 3.76. The summed E-state index contributed by atoms with van der Waals surface area (Å²) in [7, 11) is 0. The molecule has 2 aromatic carbocycles.